The summed E-state index contributed by atoms with van der Waals surface area (Å²) in [7, 11) is 0. The van der Waals surface area contributed by atoms with Gasteiger partial charge in [0.15, 0.2) is 0 Å². The predicted molar refractivity (Wildman–Crippen MR) is 105 cm³/mol. The number of urea groups is 1. The molecule has 0 unspecified atom stereocenters. The second kappa shape index (κ2) is 7.73. The molecule has 1 N–H and O–H groups in total. The molecule has 4 nitrogen and oxygen atoms in total. The summed E-state index contributed by atoms with van der Waals surface area (Å²) in [5.41, 5.74) is 2.62. The van der Waals surface area contributed by atoms with Crippen molar-refractivity contribution in [2.24, 2.45) is 0 Å². The molecule has 2 aromatic carbocycles. The van der Waals surface area contributed by atoms with Gasteiger partial charge in [-0.25, -0.2) is 4.79 Å². The topological polar surface area (TPSA) is 35.6 Å². The molecule has 1 aliphatic heterocycles. The SMILES string of the molecule is Cc1cccc(Cl)c1NC(=O)N1CCN(c2ccc(Cl)c(Cl)c2)CC1. The number of aryl methyl sites for hydroxylation is 1. The Morgan fingerprint density at radius 3 is 2.32 bits per heavy atom. The van der Waals surface area contributed by atoms with Crippen LogP contribution in [0.4, 0.5) is 16.2 Å². The van der Waals surface area contributed by atoms with Gasteiger partial charge in [-0.1, -0.05) is 46.9 Å². The van der Waals surface area contributed by atoms with Crippen LogP contribution in [0.2, 0.25) is 15.1 Å². The lowest BCUT2D eigenvalue weighted by molar-refractivity contribution is 0.208. The number of piperazine rings is 1. The molecule has 1 fully saturated rings. The molecule has 132 valence electrons. The first-order valence-corrected chi connectivity index (χ1v) is 9.10. The van der Waals surface area contributed by atoms with E-state index in [1.165, 1.54) is 0 Å². The van der Waals surface area contributed by atoms with E-state index in [-0.39, 0.29) is 6.03 Å². The van der Waals surface area contributed by atoms with Crippen LogP contribution in [0.3, 0.4) is 0 Å². The number of amides is 2. The van der Waals surface area contributed by atoms with Crippen molar-refractivity contribution in [1.29, 1.82) is 0 Å². The van der Waals surface area contributed by atoms with E-state index >= 15 is 0 Å². The minimum absolute atomic E-state index is 0.134. The average molecular weight is 399 g/mol. The second-order valence-corrected chi connectivity index (χ2v) is 7.16. The van der Waals surface area contributed by atoms with Crippen LogP contribution in [0.1, 0.15) is 5.56 Å². The maximum atomic E-state index is 12.5. The summed E-state index contributed by atoms with van der Waals surface area (Å²) < 4.78 is 0. The van der Waals surface area contributed by atoms with Crippen molar-refractivity contribution in [1.82, 2.24) is 4.90 Å². The van der Waals surface area contributed by atoms with E-state index in [0.717, 1.165) is 24.3 Å². The van der Waals surface area contributed by atoms with E-state index in [1.807, 2.05) is 31.2 Å². The molecule has 0 radical (unpaired) electrons. The summed E-state index contributed by atoms with van der Waals surface area (Å²) in [6, 6.07) is 11.0. The van der Waals surface area contributed by atoms with Crippen molar-refractivity contribution in [3.63, 3.8) is 0 Å². The van der Waals surface area contributed by atoms with Crippen LogP contribution < -0.4 is 10.2 Å². The number of hydrogen-bond donors (Lipinski definition) is 1. The van der Waals surface area contributed by atoms with Gasteiger partial charge in [-0.15, -0.1) is 0 Å². The first-order chi connectivity index (χ1) is 12.0. The third kappa shape index (κ3) is 4.14. The monoisotopic (exact) mass is 397 g/mol. The normalized spacial score (nSPS) is 14.6. The molecule has 2 aromatic rings. The molecule has 0 atom stereocenters. The number of rotatable bonds is 2. The van der Waals surface area contributed by atoms with Gasteiger partial charge in [0, 0.05) is 31.9 Å². The number of benzene rings is 2. The highest BCUT2D eigenvalue weighted by Gasteiger charge is 2.22. The molecule has 2 amide bonds. The third-order valence-electron chi connectivity index (χ3n) is 4.29. The van der Waals surface area contributed by atoms with Crippen molar-refractivity contribution in [3.05, 3.63) is 57.0 Å². The maximum absolute atomic E-state index is 12.5. The number of nitrogens with zero attached hydrogens (tertiary/aromatic N) is 2. The van der Waals surface area contributed by atoms with Gasteiger partial charge in [0.05, 0.1) is 20.8 Å². The third-order valence-corrected chi connectivity index (χ3v) is 5.34. The second-order valence-electron chi connectivity index (χ2n) is 5.93. The number of carbonyl (C=O) groups is 1. The molecule has 7 heteroatoms. The molecule has 25 heavy (non-hydrogen) atoms. The molecule has 0 aromatic heterocycles. The molecule has 0 saturated carbocycles. The van der Waals surface area contributed by atoms with Gasteiger partial charge in [-0.3, -0.25) is 0 Å². The van der Waals surface area contributed by atoms with E-state index < -0.39 is 0 Å². The van der Waals surface area contributed by atoms with E-state index in [9.17, 15) is 4.79 Å². The van der Waals surface area contributed by atoms with E-state index in [1.54, 1.807) is 17.0 Å². The lowest BCUT2D eigenvalue weighted by atomic mass is 10.2. The smallest absolute Gasteiger partial charge is 0.322 e. The summed E-state index contributed by atoms with van der Waals surface area (Å²) in [5.74, 6) is 0. The van der Waals surface area contributed by atoms with Crippen LogP contribution in [0, 0.1) is 6.92 Å². The summed E-state index contributed by atoms with van der Waals surface area (Å²) in [4.78, 5) is 16.5. The Kier molecular flexibility index (Phi) is 5.62. The number of anilines is 2. The fraction of sp³-hybridized carbons (Fsp3) is 0.278. The Balaban J connectivity index is 1.62. The first kappa shape index (κ1) is 18.2. The molecule has 1 heterocycles. The van der Waals surface area contributed by atoms with Crippen molar-refractivity contribution >= 4 is 52.2 Å². The molecular weight excluding hydrogens is 381 g/mol. The molecule has 0 aliphatic carbocycles. The van der Waals surface area contributed by atoms with Crippen molar-refractivity contribution < 1.29 is 4.79 Å². The minimum atomic E-state index is -0.134. The van der Waals surface area contributed by atoms with Gasteiger partial charge >= 0.3 is 6.03 Å². The Morgan fingerprint density at radius 1 is 0.960 bits per heavy atom. The minimum Gasteiger partial charge on any atom is -0.368 e. The van der Waals surface area contributed by atoms with Crippen LogP contribution >= 0.6 is 34.8 Å². The van der Waals surface area contributed by atoms with Crippen LogP contribution in [0.15, 0.2) is 36.4 Å². The van der Waals surface area contributed by atoms with Gasteiger partial charge in [0.25, 0.3) is 0 Å². The Labute approximate surface area is 162 Å². The lowest BCUT2D eigenvalue weighted by Gasteiger charge is -2.36. The van der Waals surface area contributed by atoms with Gasteiger partial charge in [0.1, 0.15) is 0 Å². The van der Waals surface area contributed by atoms with E-state index in [0.29, 0.717) is 33.8 Å². The quantitative estimate of drug-likeness (QED) is 0.744. The Morgan fingerprint density at radius 2 is 1.68 bits per heavy atom. The number of para-hydroxylation sites is 1. The zero-order valence-electron chi connectivity index (χ0n) is 13.7. The molecule has 0 spiro atoms. The zero-order valence-corrected chi connectivity index (χ0v) is 16.0. The molecule has 1 aliphatic rings. The average Bonchev–Trinajstić information content (AvgIpc) is 2.61. The Hall–Kier alpha value is -1.62. The summed E-state index contributed by atoms with van der Waals surface area (Å²) >= 11 is 18.2. The van der Waals surface area contributed by atoms with Crippen molar-refractivity contribution in [3.8, 4) is 0 Å². The number of hydrogen-bond acceptors (Lipinski definition) is 2. The fourth-order valence-electron chi connectivity index (χ4n) is 2.83. The van der Waals surface area contributed by atoms with E-state index in [4.69, 9.17) is 34.8 Å². The lowest BCUT2D eigenvalue weighted by Crippen LogP contribution is -2.50. The standard InChI is InChI=1S/C18H18Cl3N3O/c1-12-3-2-4-15(20)17(12)22-18(25)24-9-7-23(8-10-24)13-5-6-14(19)16(21)11-13/h2-6,11H,7-10H2,1H3,(H,22,25). The van der Waals surface area contributed by atoms with Crippen LogP contribution in [-0.4, -0.2) is 37.1 Å². The Bertz CT molecular complexity index is 769. The number of carbonyl (C=O) groups excluding carboxylic acids is 1. The van der Waals surface area contributed by atoms with Crippen LogP contribution in [-0.2, 0) is 0 Å². The highest BCUT2D eigenvalue weighted by Crippen LogP contribution is 2.28. The fourth-order valence-corrected chi connectivity index (χ4v) is 3.39. The molecular formula is C18H18Cl3N3O. The van der Waals surface area contributed by atoms with E-state index in [2.05, 4.69) is 10.2 Å². The molecule has 1 saturated heterocycles. The zero-order chi connectivity index (χ0) is 18.0. The highest BCUT2D eigenvalue weighted by molar-refractivity contribution is 6.42. The first-order valence-electron chi connectivity index (χ1n) is 7.97. The predicted octanol–water partition coefficient (Wildman–Crippen LogP) is 5.31. The van der Waals surface area contributed by atoms with Gasteiger partial charge in [-0.2, -0.15) is 0 Å². The number of halogens is 3. The van der Waals surface area contributed by atoms with Crippen molar-refractivity contribution in [2.75, 3.05) is 36.4 Å². The van der Waals surface area contributed by atoms with Crippen LogP contribution in [0.5, 0.6) is 0 Å². The highest BCUT2D eigenvalue weighted by atomic mass is 35.5. The number of nitrogens with one attached hydrogen (secondary N) is 1. The van der Waals surface area contributed by atoms with Gasteiger partial charge < -0.3 is 15.1 Å². The maximum Gasteiger partial charge on any atom is 0.322 e. The summed E-state index contributed by atoms with van der Waals surface area (Å²) in [5, 5.41) is 4.54. The van der Waals surface area contributed by atoms with Gasteiger partial charge in [0.2, 0.25) is 0 Å². The largest absolute Gasteiger partial charge is 0.368 e. The summed E-state index contributed by atoms with van der Waals surface area (Å²) in [6.45, 7) is 4.62. The molecule has 0 bridgehead atoms. The summed E-state index contributed by atoms with van der Waals surface area (Å²) in [6.07, 6.45) is 0. The van der Waals surface area contributed by atoms with Gasteiger partial charge in [-0.05, 0) is 36.8 Å². The molecule has 3 rings (SSSR count). The van der Waals surface area contributed by atoms with Crippen molar-refractivity contribution in [2.45, 2.75) is 6.92 Å². The van der Waals surface area contributed by atoms with Crippen LogP contribution in [0.25, 0.3) is 0 Å².